The average Bonchev–Trinajstić information content (AvgIpc) is 3.23. The highest BCUT2D eigenvalue weighted by Gasteiger charge is 2.39. The Hall–Kier alpha value is -3.00. The van der Waals surface area contributed by atoms with Gasteiger partial charge in [0.25, 0.3) is 0 Å². The van der Waals surface area contributed by atoms with Crippen LogP contribution in [0.1, 0.15) is 37.8 Å². The fourth-order valence-electron chi connectivity index (χ4n) is 5.45. The van der Waals surface area contributed by atoms with Crippen LogP contribution in [-0.2, 0) is 10.2 Å². The van der Waals surface area contributed by atoms with Crippen LogP contribution in [-0.4, -0.2) is 6.10 Å². The van der Waals surface area contributed by atoms with Gasteiger partial charge in [-0.05, 0) is 71.0 Å². The van der Waals surface area contributed by atoms with Crippen LogP contribution < -0.4 is 5.32 Å². The van der Waals surface area contributed by atoms with E-state index in [1.165, 1.54) is 33.5 Å². The first kappa shape index (κ1) is 16.9. The van der Waals surface area contributed by atoms with E-state index in [2.05, 4.69) is 92.0 Å². The summed E-state index contributed by atoms with van der Waals surface area (Å²) in [5, 5.41) is 3.75. The lowest BCUT2D eigenvalue weighted by atomic mass is 9.82. The predicted octanol–water partition coefficient (Wildman–Crippen LogP) is 6.48. The summed E-state index contributed by atoms with van der Waals surface area (Å²) in [7, 11) is 0. The van der Waals surface area contributed by atoms with Gasteiger partial charge in [-0.1, -0.05) is 56.3 Å². The molecule has 0 bridgehead atoms. The monoisotopic (exact) mass is 379 g/mol. The van der Waals surface area contributed by atoms with Crippen molar-refractivity contribution in [2.24, 2.45) is 5.92 Å². The number of ether oxygens (including phenoxy) is 1. The molecule has 0 amide bonds. The molecule has 0 radical (unpaired) electrons. The highest BCUT2D eigenvalue weighted by molar-refractivity contribution is 5.82. The van der Waals surface area contributed by atoms with E-state index in [1.807, 2.05) is 0 Å². The zero-order valence-corrected chi connectivity index (χ0v) is 16.9. The largest absolute Gasteiger partial charge is 0.485 e. The molecule has 2 atom stereocenters. The third-order valence-electron chi connectivity index (χ3n) is 6.92. The first-order chi connectivity index (χ1) is 14.1. The van der Waals surface area contributed by atoms with Crippen molar-refractivity contribution in [3.63, 3.8) is 0 Å². The normalized spacial score (nSPS) is 25.0. The first-order valence-corrected chi connectivity index (χ1v) is 10.6. The Balaban J connectivity index is 1.36. The van der Waals surface area contributed by atoms with Crippen LogP contribution in [0, 0.1) is 5.92 Å². The number of nitrogens with one attached hydrogen (secondary N) is 1. The van der Waals surface area contributed by atoms with E-state index in [9.17, 15) is 0 Å². The van der Waals surface area contributed by atoms with Crippen molar-refractivity contribution < 1.29 is 4.74 Å². The number of hydrogen-bond donors (Lipinski definition) is 1. The maximum absolute atomic E-state index is 6.21. The van der Waals surface area contributed by atoms with Crippen molar-refractivity contribution in [1.29, 1.82) is 0 Å². The minimum Gasteiger partial charge on any atom is -0.485 e. The summed E-state index contributed by atoms with van der Waals surface area (Å²) in [6.45, 7) is 4.66. The zero-order chi connectivity index (χ0) is 19.6. The molecule has 0 saturated carbocycles. The highest BCUT2D eigenvalue weighted by Crippen LogP contribution is 2.49. The van der Waals surface area contributed by atoms with E-state index in [1.54, 1.807) is 0 Å². The third kappa shape index (κ3) is 2.42. The smallest absolute Gasteiger partial charge is 0.129 e. The number of fused-ring (bicyclic) bond motifs is 5. The lowest BCUT2D eigenvalue weighted by molar-refractivity contribution is 0.170. The second kappa shape index (κ2) is 6.00. The summed E-state index contributed by atoms with van der Waals surface area (Å²) in [5.74, 6) is 1.38. The standard InChI is InChI=1S/C27H25NO/c1-27(2)21-10-5-3-8-18(21)19-15-14-17(16-22(19)27)28-23-11-7-13-25-26(23)20-9-4-6-12-24(20)29-25/h3,5-8,10-16,25-26,28H,4,9H2,1-2H3. The van der Waals surface area contributed by atoms with Gasteiger partial charge in [-0.2, -0.15) is 0 Å². The lowest BCUT2D eigenvalue weighted by Crippen LogP contribution is -2.25. The maximum Gasteiger partial charge on any atom is 0.129 e. The van der Waals surface area contributed by atoms with Crippen LogP contribution in [0.3, 0.4) is 0 Å². The summed E-state index contributed by atoms with van der Waals surface area (Å²) in [5.41, 5.74) is 9.40. The molecule has 2 unspecified atom stereocenters. The molecule has 0 fully saturated rings. The molecule has 144 valence electrons. The number of benzene rings is 2. The zero-order valence-electron chi connectivity index (χ0n) is 16.9. The van der Waals surface area contributed by atoms with Crippen molar-refractivity contribution in [3.8, 4) is 11.1 Å². The summed E-state index contributed by atoms with van der Waals surface area (Å²) in [6, 6.07) is 15.6. The third-order valence-corrected chi connectivity index (χ3v) is 6.92. The molecule has 2 aromatic rings. The van der Waals surface area contributed by atoms with Gasteiger partial charge < -0.3 is 10.1 Å². The number of allylic oxidation sites excluding steroid dienone is 4. The molecular weight excluding hydrogens is 354 g/mol. The van der Waals surface area contributed by atoms with Gasteiger partial charge in [0, 0.05) is 16.8 Å². The molecule has 1 N–H and O–H groups in total. The van der Waals surface area contributed by atoms with Crippen molar-refractivity contribution in [1.82, 2.24) is 0 Å². The van der Waals surface area contributed by atoms with E-state index in [-0.39, 0.29) is 11.5 Å². The van der Waals surface area contributed by atoms with Crippen LogP contribution in [0.5, 0.6) is 0 Å². The van der Waals surface area contributed by atoms with E-state index in [0.29, 0.717) is 5.92 Å². The Labute approximate surface area is 172 Å². The molecule has 0 aromatic heterocycles. The minimum absolute atomic E-state index is 0.0212. The molecule has 4 aliphatic rings. The van der Waals surface area contributed by atoms with E-state index >= 15 is 0 Å². The maximum atomic E-state index is 6.21. The first-order valence-electron chi connectivity index (χ1n) is 10.6. The summed E-state index contributed by atoms with van der Waals surface area (Å²) >= 11 is 0. The van der Waals surface area contributed by atoms with Crippen LogP contribution in [0.2, 0.25) is 0 Å². The van der Waals surface area contributed by atoms with E-state index < -0.39 is 0 Å². The predicted molar refractivity (Wildman–Crippen MR) is 119 cm³/mol. The number of hydrogen-bond acceptors (Lipinski definition) is 2. The Morgan fingerprint density at radius 1 is 1.03 bits per heavy atom. The second-order valence-corrected chi connectivity index (χ2v) is 8.95. The Kier molecular flexibility index (Phi) is 3.50. The molecule has 2 heteroatoms. The van der Waals surface area contributed by atoms with Gasteiger partial charge in [-0.3, -0.25) is 0 Å². The van der Waals surface area contributed by atoms with E-state index in [4.69, 9.17) is 4.74 Å². The van der Waals surface area contributed by atoms with Crippen molar-refractivity contribution in [3.05, 3.63) is 101 Å². The fraction of sp³-hybridized carbons (Fsp3) is 0.259. The van der Waals surface area contributed by atoms with Crippen LogP contribution in [0.15, 0.2) is 89.9 Å². The molecule has 3 aliphatic carbocycles. The Bertz CT molecular complexity index is 1140. The molecule has 29 heavy (non-hydrogen) atoms. The topological polar surface area (TPSA) is 21.3 Å². The molecule has 2 aromatic carbocycles. The Morgan fingerprint density at radius 3 is 2.83 bits per heavy atom. The summed E-state index contributed by atoms with van der Waals surface area (Å²) in [6.07, 6.45) is 13.2. The van der Waals surface area contributed by atoms with E-state index in [0.717, 1.165) is 24.3 Å². The fourth-order valence-corrected chi connectivity index (χ4v) is 5.45. The molecule has 0 spiro atoms. The molecule has 1 heterocycles. The highest BCUT2D eigenvalue weighted by atomic mass is 16.5. The second-order valence-electron chi connectivity index (χ2n) is 8.95. The number of anilines is 1. The van der Waals surface area contributed by atoms with Crippen LogP contribution in [0.4, 0.5) is 5.69 Å². The molecule has 1 aliphatic heterocycles. The molecular formula is C27H25NO. The molecule has 2 nitrogen and oxygen atoms in total. The van der Waals surface area contributed by atoms with Gasteiger partial charge >= 0.3 is 0 Å². The molecule has 6 rings (SSSR count). The Morgan fingerprint density at radius 2 is 1.90 bits per heavy atom. The van der Waals surface area contributed by atoms with Gasteiger partial charge in [0.15, 0.2) is 0 Å². The van der Waals surface area contributed by atoms with Gasteiger partial charge in [-0.15, -0.1) is 0 Å². The minimum atomic E-state index is 0.0212. The van der Waals surface area contributed by atoms with Gasteiger partial charge in [0.05, 0.1) is 5.92 Å². The number of rotatable bonds is 2. The van der Waals surface area contributed by atoms with Gasteiger partial charge in [-0.25, -0.2) is 0 Å². The van der Waals surface area contributed by atoms with Crippen molar-refractivity contribution in [2.75, 3.05) is 5.32 Å². The van der Waals surface area contributed by atoms with Crippen LogP contribution in [0.25, 0.3) is 11.1 Å². The van der Waals surface area contributed by atoms with Gasteiger partial charge in [0.1, 0.15) is 11.9 Å². The average molecular weight is 380 g/mol. The van der Waals surface area contributed by atoms with Gasteiger partial charge in [0.2, 0.25) is 0 Å². The lowest BCUT2D eigenvalue weighted by Gasteiger charge is -2.27. The van der Waals surface area contributed by atoms with Crippen molar-refractivity contribution >= 4 is 5.69 Å². The summed E-state index contributed by atoms with van der Waals surface area (Å²) < 4.78 is 6.21. The SMILES string of the molecule is CC1(C)c2ccccc2-c2ccc(NC3=CC=CC4OC5=C(CCC=C5)C34)cc21. The summed E-state index contributed by atoms with van der Waals surface area (Å²) in [4.78, 5) is 0. The molecule has 0 saturated heterocycles. The van der Waals surface area contributed by atoms with Crippen LogP contribution >= 0.6 is 0 Å². The van der Waals surface area contributed by atoms with Crippen molar-refractivity contribution in [2.45, 2.75) is 38.2 Å². The quantitative estimate of drug-likeness (QED) is 0.645.